The van der Waals surface area contributed by atoms with Crippen LogP contribution in [-0.4, -0.2) is 25.2 Å². The van der Waals surface area contributed by atoms with Crippen LogP contribution in [0.25, 0.3) is 0 Å². The number of unbranched alkanes of at least 4 members (excludes halogenated alkanes) is 1. The van der Waals surface area contributed by atoms with Crippen molar-refractivity contribution in [3.05, 3.63) is 62.3 Å². The van der Waals surface area contributed by atoms with E-state index in [1.54, 1.807) is 0 Å². The molecule has 0 aliphatic rings. The zero-order chi connectivity index (χ0) is 18.8. The van der Waals surface area contributed by atoms with Crippen LogP contribution in [0.15, 0.2) is 62.3 Å². The SMILES string of the molecule is C=CCC(C/C=C\CCOC(=O)C=C)CCC/C=C\COC(=O)C=C. The number of esters is 2. The third-order valence-electron chi connectivity index (χ3n) is 3.47. The van der Waals surface area contributed by atoms with Gasteiger partial charge in [0.1, 0.15) is 6.61 Å². The summed E-state index contributed by atoms with van der Waals surface area (Å²) in [7, 11) is 0. The van der Waals surface area contributed by atoms with Gasteiger partial charge in [0.2, 0.25) is 0 Å². The molecule has 0 saturated carbocycles. The van der Waals surface area contributed by atoms with E-state index in [2.05, 4.69) is 25.8 Å². The highest BCUT2D eigenvalue weighted by Crippen LogP contribution is 2.18. The number of rotatable bonds is 15. The summed E-state index contributed by atoms with van der Waals surface area (Å²) in [5.41, 5.74) is 0. The molecular weight excluding hydrogens is 316 g/mol. The van der Waals surface area contributed by atoms with Crippen LogP contribution in [-0.2, 0) is 19.1 Å². The molecule has 25 heavy (non-hydrogen) atoms. The quantitative estimate of drug-likeness (QED) is 0.187. The average molecular weight is 346 g/mol. The lowest BCUT2D eigenvalue weighted by Gasteiger charge is -2.11. The predicted molar refractivity (Wildman–Crippen MR) is 102 cm³/mol. The molecular formula is C21H30O4. The van der Waals surface area contributed by atoms with Gasteiger partial charge in [0.05, 0.1) is 6.61 Å². The van der Waals surface area contributed by atoms with Crippen molar-refractivity contribution in [1.82, 2.24) is 0 Å². The minimum absolute atomic E-state index is 0.292. The van der Waals surface area contributed by atoms with Crippen LogP contribution in [0.2, 0.25) is 0 Å². The van der Waals surface area contributed by atoms with Crippen LogP contribution >= 0.6 is 0 Å². The molecule has 4 nitrogen and oxygen atoms in total. The van der Waals surface area contributed by atoms with Gasteiger partial charge >= 0.3 is 11.9 Å². The maximum atomic E-state index is 10.9. The Labute approximate surface area is 151 Å². The van der Waals surface area contributed by atoms with Gasteiger partial charge in [0.15, 0.2) is 0 Å². The number of hydrogen-bond donors (Lipinski definition) is 0. The second-order valence-corrected chi connectivity index (χ2v) is 5.49. The summed E-state index contributed by atoms with van der Waals surface area (Å²) >= 11 is 0. The fraction of sp³-hybridized carbons (Fsp3) is 0.429. The molecule has 0 saturated heterocycles. The highest BCUT2D eigenvalue weighted by Gasteiger charge is 2.04. The molecule has 0 heterocycles. The van der Waals surface area contributed by atoms with Crippen LogP contribution in [0, 0.1) is 5.92 Å². The third kappa shape index (κ3) is 14.9. The van der Waals surface area contributed by atoms with Crippen LogP contribution in [0.3, 0.4) is 0 Å². The second kappa shape index (κ2) is 16.5. The van der Waals surface area contributed by atoms with Crippen molar-refractivity contribution in [2.24, 2.45) is 5.92 Å². The lowest BCUT2D eigenvalue weighted by Crippen LogP contribution is -2.01. The smallest absolute Gasteiger partial charge is 0.330 e. The fourth-order valence-corrected chi connectivity index (χ4v) is 2.16. The Hall–Kier alpha value is -2.36. The van der Waals surface area contributed by atoms with E-state index >= 15 is 0 Å². The van der Waals surface area contributed by atoms with Crippen molar-refractivity contribution in [2.75, 3.05) is 13.2 Å². The van der Waals surface area contributed by atoms with Crippen LogP contribution in [0.4, 0.5) is 0 Å². The molecule has 0 radical (unpaired) electrons. The van der Waals surface area contributed by atoms with Gasteiger partial charge in [-0.15, -0.1) is 6.58 Å². The van der Waals surface area contributed by atoms with Crippen LogP contribution in [0.5, 0.6) is 0 Å². The fourth-order valence-electron chi connectivity index (χ4n) is 2.16. The maximum absolute atomic E-state index is 10.9. The van der Waals surface area contributed by atoms with Crippen molar-refractivity contribution in [3.8, 4) is 0 Å². The summed E-state index contributed by atoms with van der Waals surface area (Å²) in [6.45, 7) is 11.2. The van der Waals surface area contributed by atoms with E-state index < -0.39 is 5.97 Å². The first-order valence-corrected chi connectivity index (χ1v) is 8.63. The van der Waals surface area contributed by atoms with Gasteiger partial charge in [-0.25, -0.2) is 9.59 Å². The molecule has 0 amide bonds. The van der Waals surface area contributed by atoms with E-state index in [9.17, 15) is 9.59 Å². The van der Waals surface area contributed by atoms with Crippen molar-refractivity contribution < 1.29 is 19.1 Å². The summed E-state index contributed by atoms with van der Waals surface area (Å²) in [4.78, 5) is 21.7. The Bertz CT molecular complexity index is 474. The van der Waals surface area contributed by atoms with E-state index in [0.29, 0.717) is 25.6 Å². The standard InChI is InChI=1S/C21H30O4/c1-4-14-19(16-11-9-13-18-25-21(23)6-3)15-10-7-8-12-17-24-20(22)5-2/h4-6,8-9,11-12,19H,1-3,7,10,13-18H2/b11-9-,12-8-. The average Bonchev–Trinajstić information content (AvgIpc) is 2.62. The van der Waals surface area contributed by atoms with Crippen molar-refractivity contribution >= 4 is 11.9 Å². The minimum Gasteiger partial charge on any atom is -0.462 e. The van der Waals surface area contributed by atoms with Gasteiger partial charge in [-0.1, -0.05) is 43.5 Å². The molecule has 0 N–H and O–H groups in total. The molecule has 0 aromatic rings. The van der Waals surface area contributed by atoms with Crippen molar-refractivity contribution in [2.45, 2.75) is 38.5 Å². The molecule has 138 valence electrons. The molecule has 0 aliphatic carbocycles. The Morgan fingerprint density at radius 3 is 2.20 bits per heavy atom. The first kappa shape index (κ1) is 22.6. The molecule has 0 aromatic carbocycles. The van der Waals surface area contributed by atoms with Crippen molar-refractivity contribution in [1.29, 1.82) is 0 Å². The number of allylic oxidation sites excluding steroid dienone is 3. The summed E-state index contributed by atoms with van der Waals surface area (Å²) in [5, 5.41) is 0. The lowest BCUT2D eigenvalue weighted by molar-refractivity contribution is -0.138. The van der Waals surface area contributed by atoms with E-state index in [1.165, 1.54) is 6.08 Å². The largest absolute Gasteiger partial charge is 0.462 e. The summed E-state index contributed by atoms with van der Waals surface area (Å²) in [6, 6.07) is 0. The molecule has 0 spiro atoms. The maximum Gasteiger partial charge on any atom is 0.330 e. The van der Waals surface area contributed by atoms with Gasteiger partial charge in [-0.05, 0) is 44.4 Å². The number of hydrogen-bond acceptors (Lipinski definition) is 4. The molecule has 0 aliphatic heterocycles. The van der Waals surface area contributed by atoms with Gasteiger partial charge in [-0.3, -0.25) is 0 Å². The normalized spacial score (nSPS) is 12.0. The summed E-state index contributed by atoms with van der Waals surface area (Å²) in [6.07, 6.45) is 18.2. The van der Waals surface area contributed by atoms with Crippen LogP contribution in [0.1, 0.15) is 38.5 Å². The van der Waals surface area contributed by atoms with Gasteiger partial charge in [0, 0.05) is 12.2 Å². The molecule has 0 bridgehead atoms. The van der Waals surface area contributed by atoms with E-state index in [0.717, 1.165) is 38.2 Å². The molecule has 1 unspecified atom stereocenters. The predicted octanol–water partition coefficient (Wildman–Crippen LogP) is 4.70. The Morgan fingerprint density at radius 1 is 0.840 bits per heavy atom. The summed E-state index contributed by atoms with van der Waals surface area (Å²) < 4.78 is 9.77. The minimum atomic E-state index is -0.401. The van der Waals surface area contributed by atoms with E-state index in [4.69, 9.17) is 9.47 Å². The highest BCUT2D eigenvalue weighted by molar-refractivity contribution is 5.81. The Kier molecular flexibility index (Phi) is 14.9. The Balaban J connectivity index is 3.86. The van der Waals surface area contributed by atoms with Crippen molar-refractivity contribution in [3.63, 3.8) is 0 Å². The zero-order valence-corrected chi connectivity index (χ0v) is 15.0. The first-order chi connectivity index (χ1) is 12.1. The second-order valence-electron chi connectivity index (χ2n) is 5.49. The van der Waals surface area contributed by atoms with Gasteiger partial charge < -0.3 is 9.47 Å². The number of carbonyl (C=O) groups excluding carboxylic acids is 2. The third-order valence-corrected chi connectivity index (χ3v) is 3.47. The first-order valence-electron chi connectivity index (χ1n) is 8.63. The molecule has 0 aromatic heterocycles. The van der Waals surface area contributed by atoms with Gasteiger partial charge in [0.25, 0.3) is 0 Å². The number of carbonyl (C=O) groups is 2. The van der Waals surface area contributed by atoms with E-state index in [-0.39, 0.29) is 5.97 Å². The highest BCUT2D eigenvalue weighted by atomic mass is 16.5. The van der Waals surface area contributed by atoms with E-state index in [1.807, 2.05) is 24.3 Å². The monoisotopic (exact) mass is 346 g/mol. The van der Waals surface area contributed by atoms with Crippen LogP contribution < -0.4 is 0 Å². The molecule has 1 atom stereocenters. The zero-order valence-electron chi connectivity index (χ0n) is 15.0. The topological polar surface area (TPSA) is 52.6 Å². The number of ether oxygens (including phenoxy) is 2. The lowest BCUT2D eigenvalue weighted by atomic mass is 9.94. The molecule has 0 rings (SSSR count). The molecule has 0 fully saturated rings. The molecule has 4 heteroatoms. The summed E-state index contributed by atoms with van der Waals surface area (Å²) in [5.74, 6) is -0.219. The Morgan fingerprint density at radius 2 is 1.52 bits per heavy atom. The van der Waals surface area contributed by atoms with Gasteiger partial charge in [-0.2, -0.15) is 0 Å².